The molecule has 4 heterocycles. The summed E-state index contributed by atoms with van der Waals surface area (Å²) in [4.78, 5) is 22.2. The first-order valence-corrected chi connectivity index (χ1v) is 16.4. The second-order valence-electron chi connectivity index (χ2n) is 13.0. The lowest BCUT2D eigenvalue weighted by atomic mass is 9.53. The Hall–Kier alpha value is -3.29. The Bertz CT molecular complexity index is 1680. The highest BCUT2D eigenvalue weighted by Gasteiger charge is 2.54. The van der Waals surface area contributed by atoms with Crippen LogP contribution in [-0.2, 0) is 27.4 Å². The summed E-state index contributed by atoms with van der Waals surface area (Å²) in [6.45, 7) is 4.02. The summed E-state index contributed by atoms with van der Waals surface area (Å²) >= 11 is 0. The highest BCUT2D eigenvalue weighted by atomic mass is 32.2. The average molecular weight is 618 g/mol. The van der Waals surface area contributed by atoms with Gasteiger partial charge in [0.25, 0.3) is 0 Å². The SMILES string of the molecule is COc1ncnc(C2CC2)c1-c1ncc2c(n1)N(CC13CCC(c4nc(C(F)(F)F)cn4C(C)C)(CC1)CC3)S(=O)(=O)C2. The van der Waals surface area contributed by atoms with Crippen LogP contribution in [0.3, 0.4) is 0 Å². The highest BCUT2D eigenvalue weighted by Crippen LogP contribution is 2.59. The van der Waals surface area contributed by atoms with E-state index in [1.807, 2.05) is 13.8 Å². The molecule has 4 saturated carbocycles. The third kappa shape index (κ3) is 4.67. The number of aromatic nitrogens is 6. The predicted octanol–water partition coefficient (Wildman–Crippen LogP) is 5.56. The normalized spacial score (nSPS) is 26.3. The number of hydrogen-bond acceptors (Lipinski definition) is 8. The number of anilines is 1. The van der Waals surface area contributed by atoms with E-state index in [1.54, 1.807) is 10.8 Å². The number of rotatable bonds is 7. The van der Waals surface area contributed by atoms with Crippen LogP contribution in [0.5, 0.6) is 5.88 Å². The lowest BCUT2D eigenvalue weighted by Crippen LogP contribution is -2.51. The molecule has 43 heavy (non-hydrogen) atoms. The van der Waals surface area contributed by atoms with Crippen molar-refractivity contribution in [3.63, 3.8) is 0 Å². The van der Waals surface area contributed by atoms with E-state index in [9.17, 15) is 21.6 Å². The van der Waals surface area contributed by atoms with Crippen molar-refractivity contribution in [3.05, 3.63) is 41.5 Å². The maximum atomic E-state index is 13.6. The minimum atomic E-state index is -4.51. The Morgan fingerprint density at radius 3 is 2.35 bits per heavy atom. The van der Waals surface area contributed by atoms with Crippen LogP contribution in [0.4, 0.5) is 19.0 Å². The van der Waals surface area contributed by atoms with Gasteiger partial charge in [0.1, 0.15) is 17.7 Å². The van der Waals surface area contributed by atoms with Crippen molar-refractivity contribution in [1.82, 2.24) is 29.5 Å². The smallest absolute Gasteiger partial charge is 0.434 e. The van der Waals surface area contributed by atoms with Gasteiger partial charge in [-0.3, -0.25) is 4.31 Å². The van der Waals surface area contributed by atoms with E-state index in [4.69, 9.17) is 9.72 Å². The Balaban J connectivity index is 1.19. The van der Waals surface area contributed by atoms with Crippen LogP contribution in [0.1, 0.15) is 99.9 Å². The summed E-state index contributed by atoms with van der Waals surface area (Å²) in [5.41, 5.74) is 0.349. The second kappa shape index (κ2) is 9.60. The number of methoxy groups -OCH3 is 1. The van der Waals surface area contributed by atoms with Gasteiger partial charge in [0.05, 0.1) is 18.6 Å². The lowest BCUT2D eigenvalue weighted by molar-refractivity contribution is -0.141. The Morgan fingerprint density at radius 1 is 1.05 bits per heavy atom. The molecule has 5 aliphatic rings. The molecule has 0 amide bonds. The van der Waals surface area contributed by atoms with E-state index in [0.29, 0.717) is 73.0 Å². The predicted molar refractivity (Wildman–Crippen MR) is 151 cm³/mol. The molecule has 0 saturated heterocycles. The van der Waals surface area contributed by atoms with Crippen LogP contribution in [-0.4, -0.2) is 51.6 Å². The fourth-order valence-corrected chi connectivity index (χ4v) is 8.93. The Kier molecular flexibility index (Phi) is 6.36. The first-order chi connectivity index (χ1) is 20.3. The van der Waals surface area contributed by atoms with Gasteiger partial charge in [0.2, 0.25) is 15.9 Å². The molecule has 3 aromatic rings. The molecule has 0 atom stereocenters. The number of halogens is 3. The molecule has 14 heteroatoms. The molecule has 0 aromatic carbocycles. The third-order valence-electron chi connectivity index (χ3n) is 9.91. The zero-order valence-electron chi connectivity index (χ0n) is 24.4. The van der Waals surface area contributed by atoms with Crippen molar-refractivity contribution in [3.8, 4) is 17.3 Å². The van der Waals surface area contributed by atoms with E-state index in [0.717, 1.165) is 24.7 Å². The number of ether oxygens (including phenoxy) is 1. The van der Waals surface area contributed by atoms with Gasteiger partial charge in [-0.15, -0.1) is 0 Å². The van der Waals surface area contributed by atoms with Gasteiger partial charge in [0, 0.05) is 41.9 Å². The second-order valence-corrected chi connectivity index (χ2v) is 14.8. The molecular weight excluding hydrogens is 583 g/mol. The topological polar surface area (TPSA) is 116 Å². The molecule has 1 aliphatic heterocycles. The van der Waals surface area contributed by atoms with Crippen LogP contribution in [0, 0.1) is 5.41 Å². The van der Waals surface area contributed by atoms with E-state index < -0.39 is 27.3 Å². The first kappa shape index (κ1) is 28.5. The maximum Gasteiger partial charge on any atom is 0.434 e. The van der Waals surface area contributed by atoms with Gasteiger partial charge in [-0.25, -0.2) is 33.3 Å². The van der Waals surface area contributed by atoms with Crippen molar-refractivity contribution >= 4 is 15.8 Å². The quantitative estimate of drug-likeness (QED) is 0.339. The Morgan fingerprint density at radius 2 is 1.74 bits per heavy atom. The molecule has 3 aromatic heterocycles. The van der Waals surface area contributed by atoms with Crippen LogP contribution in [0.15, 0.2) is 18.7 Å². The standard InChI is InChI=1S/C29H34F3N7O3S/c1-17(2)38-13-20(29(30,31)32)36-26(38)28-9-6-27(7-10-28,8-11-28)15-39-24-19(14-43(39,40)41)12-33-23(37-24)21-22(18-4-5-18)34-16-35-25(21)42-3/h12-13,16-18H,4-11,14-15H2,1-3H3. The summed E-state index contributed by atoms with van der Waals surface area (Å²) in [5.74, 6) is 1.67. The van der Waals surface area contributed by atoms with Crippen LogP contribution in [0.25, 0.3) is 11.4 Å². The van der Waals surface area contributed by atoms with Crippen LogP contribution < -0.4 is 9.04 Å². The molecular formula is C29H34F3N7O3S. The van der Waals surface area contributed by atoms with Crippen molar-refractivity contribution in [1.29, 1.82) is 0 Å². The summed E-state index contributed by atoms with van der Waals surface area (Å²) in [6.07, 6.45) is 5.74. The van der Waals surface area contributed by atoms with Gasteiger partial charge in [0.15, 0.2) is 17.3 Å². The molecule has 230 valence electrons. The molecule has 2 bridgehead atoms. The van der Waals surface area contributed by atoms with Crippen molar-refractivity contribution in [2.24, 2.45) is 5.41 Å². The van der Waals surface area contributed by atoms with Crippen molar-refractivity contribution in [2.45, 2.75) is 94.5 Å². The van der Waals surface area contributed by atoms with Gasteiger partial charge >= 0.3 is 6.18 Å². The van der Waals surface area contributed by atoms with E-state index in [1.165, 1.54) is 17.7 Å². The van der Waals surface area contributed by atoms with Gasteiger partial charge in [-0.1, -0.05) is 0 Å². The van der Waals surface area contributed by atoms with E-state index in [2.05, 4.69) is 19.9 Å². The first-order valence-electron chi connectivity index (χ1n) is 14.8. The molecule has 0 N–H and O–H groups in total. The number of sulfonamides is 1. The lowest BCUT2D eigenvalue weighted by Gasteiger charge is -2.54. The molecule has 10 nitrogen and oxygen atoms in total. The summed E-state index contributed by atoms with van der Waals surface area (Å²) in [6, 6.07) is -0.157. The number of imidazole rings is 1. The molecule has 4 fully saturated rings. The monoisotopic (exact) mass is 617 g/mol. The van der Waals surface area contributed by atoms with Crippen molar-refractivity contribution in [2.75, 3.05) is 18.0 Å². The number of hydrogen-bond donors (Lipinski definition) is 0. The molecule has 0 unspecified atom stereocenters. The van der Waals surface area contributed by atoms with Gasteiger partial charge in [-0.05, 0) is 70.6 Å². The van der Waals surface area contributed by atoms with Gasteiger partial charge < -0.3 is 9.30 Å². The molecule has 0 radical (unpaired) electrons. The third-order valence-corrected chi connectivity index (χ3v) is 11.6. The average Bonchev–Trinajstić information content (AvgIpc) is 3.65. The minimum absolute atomic E-state index is 0.157. The molecule has 8 rings (SSSR count). The summed E-state index contributed by atoms with van der Waals surface area (Å²) in [5, 5.41) is 0. The van der Waals surface area contributed by atoms with Crippen LogP contribution in [0.2, 0.25) is 0 Å². The number of fused-ring (bicyclic) bond motifs is 4. The largest absolute Gasteiger partial charge is 0.480 e. The van der Waals surface area contributed by atoms with E-state index >= 15 is 0 Å². The van der Waals surface area contributed by atoms with Crippen LogP contribution >= 0.6 is 0 Å². The van der Waals surface area contributed by atoms with Crippen molar-refractivity contribution < 1.29 is 26.3 Å². The molecule has 4 aliphatic carbocycles. The highest BCUT2D eigenvalue weighted by molar-refractivity contribution is 7.92. The Labute approximate surface area is 248 Å². The zero-order chi connectivity index (χ0) is 30.4. The molecule has 0 spiro atoms. The minimum Gasteiger partial charge on any atom is -0.480 e. The fraction of sp³-hybridized carbons (Fsp3) is 0.621. The van der Waals surface area contributed by atoms with Gasteiger partial charge in [-0.2, -0.15) is 13.2 Å². The van der Waals surface area contributed by atoms with E-state index in [-0.39, 0.29) is 29.7 Å². The number of alkyl halides is 3. The maximum absolute atomic E-state index is 13.6. The summed E-state index contributed by atoms with van der Waals surface area (Å²) < 4.78 is 76.5. The zero-order valence-corrected chi connectivity index (χ0v) is 25.2. The fourth-order valence-electron chi connectivity index (χ4n) is 7.29. The number of nitrogens with zero attached hydrogens (tertiary/aromatic N) is 7. The summed E-state index contributed by atoms with van der Waals surface area (Å²) in [7, 11) is -2.15.